The Bertz CT molecular complexity index is 374. The number of hydrogen-bond acceptors (Lipinski definition) is 3. The molecule has 0 saturated carbocycles. The second kappa shape index (κ2) is 9.74. The standard InChI is InChI=1S/C17H31N3O/c1-5-18-10-14(4)11-20-17(21)16-8-6-15(7-9-16)12-19-13(2)3/h6,8-9,13-15,18-19H,5,7,10-12H2,1-4H3,(H,20,21). The number of nitrogens with one attached hydrogen (secondary N) is 3. The molecule has 2 unspecified atom stereocenters. The van der Waals surface area contributed by atoms with Crippen molar-refractivity contribution in [3.63, 3.8) is 0 Å². The maximum Gasteiger partial charge on any atom is 0.250 e. The number of amides is 1. The first-order valence-corrected chi connectivity index (χ1v) is 8.13. The van der Waals surface area contributed by atoms with E-state index in [0.717, 1.165) is 38.2 Å². The molecule has 0 aromatic heterocycles. The third kappa shape index (κ3) is 7.44. The molecule has 4 nitrogen and oxygen atoms in total. The minimum atomic E-state index is 0.0462. The number of carbonyl (C=O) groups is 1. The smallest absolute Gasteiger partial charge is 0.250 e. The van der Waals surface area contributed by atoms with Gasteiger partial charge >= 0.3 is 0 Å². The predicted molar refractivity (Wildman–Crippen MR) is 89.2 cm³/mol. The third-order valence-corrected chi connectivity index (χ3v) is 3.59. The second-order valence-electron chi connectivity index (χ2n) is 6.20. The molecule has 1 amide bonds. The molecule has 0 heterocycles. The van der Waals surface area contributed by atoms with E-state index in [-0.39, 0.29) is 5.91 Å². The van der Waals surface area contributed by atoms with Crippen molar-refractivity contribution in [1.82, 2.24) is 16.0 Å². The fraction of sp³-hybridized carbons (Fsp3) is 0.706. The van der Waals surface area contributed by atoms with Gasteiger partial charge in [0, 0.05) is 24.7 Å². The molecule has 0 bridgehead atoms. The summed E-state index contributed by atoms with van der Waals surface area (Å²) < 4.78 is 0. The summed E-state index contributed by atoms with van der Waals surface area (Å²) in [6.07, 6.45) is 7.09. The topological polar surface area (TPSA) is 53.2 Å². The molecule has 0 spiro atoms. The Hall–Kier alpha value is -1.13. The molecule has 1 aliphatic carbocycles. The van der Waals surface area contributed by atoms with Crippen LogP contribution in [0.25, 0.3) is 0 Å². The fourth-order valence-corrected chi connectivity index (χ4v) is 2.20. The largest absolute Gasteiger partial charge is 0.352 e. The molecule has 0 fully saturated rings. The van der Waals surface area contributed by atoms with E-state index < -0.39 is 0 Å². The Labute approximate surface area is 129 Å². The lowest BCUT2D eigenvalue weighted by molar-refractivity contribution is -0.117. The van der Waals surface area contributed by atoms with Crippen molar-refractivity contribution in [1.29, 1.82) is 0 Å². The summed E-state index contributed by atoms with van der Waals surface area (Å²) in [5.74, 6) is 0.992. The van der Waals surface area contributed by atoms with Gasteiger partial charge in [0.1, 0.15) is 0 Å². The summed E-state index contributed by atoms with van der Waals surface area (Å²) in [6, 6.07) is 0.505. The van der Waals surface area contributed by atoms with Gasteiger partial charge in [-0.25, -0.2) is 0 Å². The Kier molecular flexibility index (Phi) is 8.31. The molecule has 1 rings (SSSR count). The van der Waals surface area contributed by atoms with Crippen LogP contribution in [-0.2, 0) is 4.79 Å². The van der Waals surface area contributed by atoms with Crippen molar-refractivity contribution >= 4 is 5.91 Å². The molecule has 2 atom stereocenters. The van der Waals surface area contributed by atoms with Gasteiger partial charge in [-0.15, -0.1) is 0 Å². The van der Waals surface area contributed by atoms with Crippen LogP contribution >= 0.6 is 0 Å². The van der Waals surface area contributed by atoms with E-state index in [9.17, 15) is 4.79 Å². The van der Waals surface area contributed by atoms with Crippen molar-refractivity contribution in [3.05, 3.63) is 23.8 Å². The van der Waals surface area contributed by atoms with Gasteiger partial charge in [-0.05, 0) is 31.3 Å². The molecule has 3 N–H and O–H groups in total. The lowest BCUT2D eigenvalue weighted by Crippen LogP contribution is -2.34. The molecule has 120 valence electrons. The van der Waals surface area contributed by atoms with Gasteiger partial charge in [0.2, 0.25) is 0 Å². The summed E-state index contributed by atoms with van der Waals surface area (Å²) in [7, 11) is 0. The Morgan fingerprint density at radius 2 is 2.10 bits per heavy atom. The molecule has 4 heteroatoms. The van der Waals surface area contributed by atoms with E-state index in [4.69, 9.17) is 0 Å². The molecule has 21 heavy (non-hydrogen) atoms. The van der Waals surface area contributed by atoms with E-state index >= 15 is 0 Å². The lowest BCUT2D eigenvalue weighted by Gasteiger charge is -2.19. The van der Waals surface area contributed by atoms with Crippen LogP contribution in [0.15, 0.2) is 23.8 Å². The molecule has 0 aromatic carbocycles. The van der Waals surface area contributed by atoms with Crippen LogP contribution in [0.3, 0.4) is 0 Å². The van der Waals surface area contributed by atoms with Crippen LogP contribution < -0.4 is 16.0 Å². The average Bonchev–Trinajstić information content (AvgIpc) is 2.49. The van der Waals surface area contributed by atoms with E-state index in [2.05, 4.69) is 55.8 Å². The number of rotatable bonds is 9. The highest BCUT2D eigenvalue weighted by Crippen LogP contribution is 2.16. The lowest BCUT2D eigenvalue weighted by atomic mass is 9.96. The minimum Gasteiger partial charge on any atom is -0.352 e. The highest BCUT2D eigenvalue weighted by Gasteiger charge is 2.14. The van der Waals surface area contributed by atoms with E-state index in [1.54, 1.807) is 0 Å². The van der Waals surface area contributed by atoms with Crippen molar-refractivity contribution in [2.75, 3.05) is 26.2 Å². The maximum absolute atomic E-state index is 12.1. The second-order valence-corrected chi connectivity index (χ2v) is 6.20. The summed E-state index contributed by atoms with van der Waals surface area (Å²) in [6.45, 7) is 12.1. The summed E-state index contributed by atoms with van der Waals surface area (Å²) in [5, 5.41) is 9.74. The fourth-order valence-electron chi connectivity index (χ4n) is 2.20. The Morgan fingerprint density at radius 1 is 1.33 bits per heavy atom. The average molecular weight is 293 g/mol. The summed E-state index contributed by atoms with van der Waals surface area (Å²) in [4.78, 5) is 12.1. The number of allylic oxidation sites excluding steroid dienone is 1. The summed E-state index contributed by atoms with van der Waals surface area (Å²) >= 11 is 0. The van der Waals surface area contributed by atoms with Gasteiger partial charge in [0.15, 0.2) is 0 Å². The Morgan fingerprint density at radius 3 is 2.67 bits per heavy atom. The van der Waals surface area contributed by atoms with Crippen molar-refractivity contribution < 1.29 is 4.79 Å². The zero-order valence-corrected chi connectivity index (χ0v) is 13.9. The number of carbonyl (C=O) groups excluding carboxylic acids is 1. The summed E-state index contributed by atoms with van der Waals surface area (Å²) in [5.41, 5.74) is 0.798. The van der Waals surface area contributed by atoms with Crippen LogP contribution in [0.2, 0.25) is 0 Å². The SMILES string of the molecule is CCNCC(C)CNC(=O)C1=CCC(CNC(C)C)C=C1. The van der Waals surface area contributed by atoms with Crippen LogP contribution in [-0.4, -0.2) is 38.1 Å². The Balaban J connectivity index is 2.29. The van der Waals surface area contributed by atoms with Gasteiger partial charge < -0.3 is 16.0 Å². The highest BCUT2D eigenvalue weighted by molar-refractivity contribution is 5.96. The first-order valence-electron chi connectivity index (χ1n) is 8.13. The van der Waals surface area contributed by atoms with Crippen molar-refractivity contribution in [2.24, 2.45) is 11.8 Å². The monoisotopic (exact) mass is 293 g/mol. The zero-order valence-electron chi connectivity index (χ0n) is 13.9. The first kappa shape index (κ1) is 17.9. The van der Waals surface area contributed by atoms with Crippen molar-refractivity contribution in [2.45, 2.75) is 40.2 Å². The van der Waals surface area contributed by atoms with Gasteiger partial charge in [0.05, 0.1) is 0 Å². The van der Waals surface area contributed by atoms with Crippen LogP contribution in [0.4, 0.5) is 0 Å². The van der Waals surface area contributed by atoms with Gasteiger partial charge in [-0.2, -0.15) is 0 Å². The van der Waals surface area contributed by atoms with Crippen LogP contribution in [0.1, 0.15) is 34.1 Å². The molecular formula is C17H31N3O. The first-order chi connectivity index (χ1) is 10.0. The van der Waals surface area contributed by atoms with Gasteiger partial charge in [-0.1, -0.05) is 45.9 Å². The van der Waals surface area contributed by atoms with Crippen LogP contribution in [0, 0.1) is 11.8 Å². The zero-order chi connectivity index (χ0) is 15.7. The minimum absolute atomic E-state index is 0.0462. The van der Waals surface area contributed by atoms with Crippen LogP contribution in [0.5, 0.6) is 0 Å². The predicted octanol–water partition coefficient (Wildman–Crippen LogP) is 1.85. The molecule has 1 aliphatic rings. The third-order valence-electron chi connectivity index (χ3n) is 3.59. The quantitative estimate of drug-likeness (QED) is 0.608. The van der Waals surface area contributed by atoms with Gasteiger partial charge in [0.25, 0.3) is 5.91 Å². The maximum atomic E-state index is 12.1. The van der Waals surface area contributed by atoms with E-state index in [1.807, 2.05) is 6.08 Å². The molecule has 0 radical (unpaired) electrons. The molecule has 0 saturated heterocycles. The van der Waals surface area contributed by atoms with E-state index in [0.29, 0.717) is 17.9 Å². The highest BCUT2D eigenvalue weighted by atomic mass is 16.1. The van der Waals surface area contributed by atoms with E-state index in [1.165, 1.54) is 0 Å². The number of hydrogen-bond donors (Lipinski definition) is 3. The molecule has 0 aromatic rings. The normalized spacial score (nSPS) is 19.5. The van der Waals surface area contributed by atoms with Crippen molar-refractivity contribution in [3.8, 4) is 0 Å². The van der Waals surface area contributed by atoms with Gasteiger partial charge in [-0.3, -0.25) is 4.79 Å². The molecule has 0 aliphatic heterocycles. The molecular weight excluding hydrogens is 262 g/mol.